The molecule has 0 unspecified atom stereocenters. The Labute approximate surface area is 158 Å². The fourth-order valence-corrected chi connectivity index (χ4v) is 4.01. The molecule has 8 heteroatoms. The van der Waals surface area contributed by atoms with E-state index in [1.165, 1.54) is 0 Å². The number of hydrogen-bond acceptors (Lipinski definition) is 5. The lowest BCUT2D eigenvalue weighted by Crippen LogP contribution is -2.43. The van der Waals surface area contributed by atoms with Gasteiger partial charge >= 0.3 is 0 Å². The smallest absolute Gasteiger partial charge is 0.233 e. The molecular formula is C19H27N5O3. The number of aryl methyl sites for hydroxylation is 1. The summed E-state index contributed by atoms with van der Waals surface area (Å²) in [5, 5.41) is 13.7. The largest absolute Gasteiger partial charge is 0.369 e. The van der Waals surface area contributed by atoms with Gasteiger partial charge in [0.1, 0.15) is 5.76 Å². The summed E-state index contributed by atoms with van der Waals surface area (Å²) in [5.74, 6) is 1.11. The van der Waals surface area contributed by atoms with Gasteiger partial charge in [-0.3, -0.25) is 14.7 Å². The van der Waals surface area contributed by atoms with E-state index in [2.05, 4.69) is 34.5 Å². The van der Waals surface area contributed by atoms with Gasteiger partial charge < -0.3 is 15.6 Å². The Balaban J connectivity index is 1.58. The number of carbonyl (C=O) groups is 2. The second-order valence-electron chi connectivity index (χ2n) is 7.82. The standard InChI is InChI=1S/C19H27N5O3/c1-11(2)19(18(20)26)6-4-13(5-7-19)15-10-16(23-22-15)21-17(25)9-14-8-12(3)24-27-14/h8,10-11,13H,4-7,9H2,1-3H3,(H2,20,26)(H2,21,22,23,25). The van der Waals surface area contributed by atoms with Gasteiger partial charge in [0.05, 0.1) is 17.5 Å². The van der Waals surface area contributed by atoms with E-state index in [4.69, 9.17) is 10.3 Å². The van der Waals surface area contributed by atoms with Crippen molar-refractivity contribution in [3.63, 3.8) is 0 Å². The minimum Gasteiger partial charge on any atom is -0.369 e. The number of amides is 2. The van der Waals surface area contributed by atoms with Crippen LogP contribution in [0.4, 0.5) is 5.82 Å². The van der Waals surface area contributed by atoms with Crippen molar-refractivity contribution >= 4 is 17.6 Å². The molecule has 0 spiro atoms. The molecule has 0 saturated heterocycles. The number of nitrogens with two attached hydrogens (primary N) is 1. The van der Waals surface area contributed by atoms with Gasteiger partial charge in [-0.1, -0.05) is 19.0 Å². The van der Waals surface area contributed by atoms with E-state index in [0.717, 1.165) is 37.1 Å². The molecule has 1 saturated carbocycles. The maximum Gasteiger partial charge on any atom is 0.233 e. The van der Waals surface area contributed by atoms with Crippen molar-refractivity contribution in [2.45, 2.75) is 58.8 Å². The summed E-state index contributed by atoms with van der Waals surface area (Å²) in [7, 11) is 0. The molecule has 0 bridgehead atoms. The fraction of sp³-hybridized carbons (Fsp3) is 0.579. The monoisotopic (exact) mass is 373 g/mol. The summed E-state index contributed by atoms with van der Waals surface area (Å²) < 4.78 is 5.05. The first-order valence-electron chi connectivity index (χ1n) is 9.37. The highest BCUT2D eigenvalue weighted by molar-refractivity contribution is 5.91. The maximum absolute atomic E-state index is 12.1. The van der Waals surface area contributed by atoms with Gasteiger partial charge in [-0.2, -0.15) is 5.10 Å². The topological polar surface area (TPSA) is 127 Å². The number of aromatic amines is 1. The molecule has 1 aliphatic rings. The zero-order valence-corrected chi connectivity index (χ0v) is 16.0. The fourth-order valence-electron chi connectivity index (χ4n) is 4.01. The van der Waals surface area contributed by atoms with E-state index in [0.29, 0.717) is 11.6 Å². The van der Waals surface area contributed by atoms with Crippen LogP contribution in [0.3, 0.4) is 0 Å². The number of primary amides is 1. The highest BCUT2D eigenvalue weighted by atomic mass is 16.5. The number of H-pyrrole nitrogens is 1. The lowest BCUT2D eigenvalue weighted by molar-refractivity contribution is -0.132. The van der Waals surface area contributed by atoms with Gasteiger partial charge in [-0.05, 0) is 38.5 Å². The number of hydrogen-bond donors (Lipinski definition) is 3. The summed E-state index contributed by atoms with van der Waals surface area (Å²) in [6.45, 7) is 5.93. The van der Waals surface area contributed by atoms with Gasteiger partial charge in [0.15, 0.2) is 5.82 Å². The minimum atomic E-state index is -0.414. The van der Waals surface area contributed by atoms with Crippen molar-refractivity contribution < 1.29 is 14.1 Å². The average Bonchev–Trinajstić information content (AvgIpc) is 3.23. The third-order valence-electron chi connectivity index (χ3n) is 5.79. The van der Waals surface area contributed by atoms with E-state index in [1.807, 2.05) is 6.07 Å². The molecule has 27 heavy (non-hydrogen) atoms. The quantitative estimate of drug-likeness (QED) is 0.717. The molecule has 2 aromatic heterocycles. The molecule has 0 atom stereocenters. The average molecular weight is 373 g/mol. The van der Waals surface area contributed by atoms with Crippen LogP contribution in [0.15, 0.2) is 16.7 Å². The lowest BCUT2D eigenvalue weighted by atomic mass is 9.63. The third kappa shape index (κ3) is 4.04. The molecule has 8 nitrogen and oxygen atoms in total. The zero-order chi connectivity index (χ0) is 19.6. The third-order valence-corrected chi connectivity index (χ3v) is 5.79. The number of aromatic nitrogens is 3. The molecular weight excluding hydrogens is 346 g/mol. The Bertz CT molecular complexity index is 815. The normalized spacial score (nSPS) is 22.7. The van der Waals surface area contributed by atoms with Gasteiger partial charge in [0.2, 0.25) is 11.8 Å². The molecule has 0 aromatic carbocycles. The number of nitrogens with zero attached hydrogens (tertiary/aromatic N) is 2. The van der Waals surface area contributed by atoms with Crippen LogP contribution in [-0.4, -0.2) is 27.2 Å². The molecule has 4 N–H and O–H groups in total. The first-order valence-corrected chi connectivity index (χ1v) is 9.37. The van der Waals surface area contributed by atoms with E-state index in [9.17, 15) is 9.59 Å². The Morgan fingerprint density at radius 3 is 2.63 bits per heavy atom. The molecule has 146 valence electrons. The van der Waals surface area contributed by atoms with Crippen molar-refractivity contribution in [2.75, 3.05) is 5.32 Å². The molecule has 2 amide bonds. The Morgan fingerprint density at radius 2 is 2.07 bits per heavy atom. The summed E-state index contributed by atoms with van der Waals surface area (Å²) in [4.78, 5) is 24.1. The molecule has 0 aliphatic heterocycles. The highest BCUT2D eigenvalue weighted by Crippen LogP contribution is 2.47. The first-order chi connectivity index (χ1) is 12.8. The highest BCUT2D eigenvalue weighted by Gasteiger charge is 2.43. The van der Waals surface area contributed by atoms with Gasteiger partial charge in [-0.25, -0.2) is 0 Å². The second kappa shape index (κ2) is 7.54. The van der Waals surface area contributed by atoms with Crippen molar-refractivity contribution in [1.82, 2.24) is 15.4 Å². The zero-order valence-electron chi connectivity index (χ0n) is 16.0. The number of nitrogens with one attached hydrogen (secondary N) is 2. The SMILES string of the molecule is Cc1cc(CC(=O)Nc2cc(C3CCC(C(N)=O)(C(C)C)CC3)[nH]n2)on1. The lowest BCUT2D eigenvalue weighted by Gasteiger charge is -2.40. The molecule has 1 aliphatic carbocycles. The Hall–Kier alpha value is -2.64. The summed E-state index contributed by atoms with van der Waals surface area (Å²) in [6, 6.07) is 3.60. The number of carbonyl (C=O) groups excluding carboxylic acids is 2. The summed E-state index contributed by atoms with van der Waals surface area (Å²) in [5.41, 5.74) is 6.99. The van der Waals surface area contributed by atoms with Crippen LogP contribution >= 0.6 is 0 Å². The molecule has 3 rings (SSSR count). The summed E-state index contributed by atoms with van der Waals surface area (Å²) >= 11 is 0. The van der Waals surface area contributed by atoms with Crippen LogP contribution in [0.1, 0.15) is 62.6 Å². The van der Waals surface area contributed by atoms with Crippen LogP contribution < -0.4 is 11.1 Å². The van der Waals surface area contributed by atoms with Crippen molar-refractivity contribution in [2.24, 2.45) is 17.1 Å². The van der Waals surface area contributed by atoms with Gasteiger partial charge in [0.25, 0.3) is 0 Å². The first kappa shape index (κ1) is 19.1. The molecule has 2 aromatic rings. The van der Waals surface area contributed by atoms with Crippen LogP contribution in [-0.2, 0) is 16.0 Å². The molecule has 0 radical (unpaired) electrons. The van der Waals surface area contributed by atoms with E-state index in [1.54, 1.807) is 13.0 Å². The van der Waals surface area contributed by atoms with Crippen LogP contribution in [0.25, 0.3) is 0 Å². The second-order valence-corrected chi connectivity index (χ2v) is 7.82. The minimum absolute atomic E-state index is 0.113. The predicted molar refractivity (Wildman–Crippen MR) is 99.8 cm³/mol. The number of rotatable bonds is 6. The Kier molecular flexibility index (Phi) is 5.34. The van der Waals surface area contributed by atoms with Gasteiger partial charge in [0, 0.05) is 23.7 Å². The van der Waals surface area contributed by atoms with E-state index >= 15 is 0 Å². The van der Waals surface area contributed by atoms with E-state index in [-0.39, 0.29) is 30.1 Å². The van der Waals surface area contributed by atoms with Crippen LogP contribution in [0.2, 0.25) is 0 Å². The maximum atomic E-state index is 12.1. The predicted octanol–water partition coefficient (Wildman–Crippen LogP) is 2.67. The molecule has 1 fully saturated rings. The van der Waals surface area contributed by atoms with Crippen molar-refractivity contribution in [1.29, 1.82) is 0 Å². The number of anilines is 1. The van der Waals surface area contributed by atoms with Gasteiger partial charge in [-0.15, -0.1) is 0 Å². The van der Waals surface area contributed by atoms with Crippen molar-refractivity contribution in [3.8, 4) is 0 Å². The van der Waals surface area contributed by atoms with Crippen molar-refractivity contribution in [3.05, 3.63) is 29.3 Å². The Morgan fingerprint density at radius 1 is 1.37 bits per heavy atom. The van der Waals surface area contributed by atoms with Crippen LogP contribution in [0, 0.1) is 18.3 Å². The summed E-state index contributed by atoms with van der Waals surface area (Å²) in [6.07, 6.45) is 3.40. The van der Waals surface area contributed by atoms with Crippen LogP contribution in [0.5, 0.6) is 0 Å². The molecule has 2 heterocycles. The van der Waals surface area contributed by atoms with E-state index < -0.39 is 5.41 Å².